The number of aryl methyl sites for hydroxylation is 1. The zero-order valence-electron chi connectivity index (χ0n) is 10.8. The molecule has 0 spiro atoms. The number of halogens is 1. The summed E-state index contributed by atoms with van der Waals surface area (Å²) in [7, 11) is 0. The summed E-state index contributed by atoms with van der Waals surface area (Å²) in [5.74, 6) is 0. The van der Waals surface area contributed by atoms with Crippen molar-refractivity contribution in [1.82, 2.24) is 9.78 Å². The van der Waals surface area contributed by atoms with Gasteiger partial charge in [0.15, 0.2) is 0 Å². The Morgan fingerprint density at radius 2 is 2.21 bits per heavy atom. The molecule has 1 atom stereocenters. The summed E-state index contributed by atoms with van der Waals surface area (Å²) in [4.78, 5) is 0. The average Bonchev–Trinajstić information content (AvgIpc) is 3.02. The lowest BCUT2D eigenvalue weighted by atomic mass is 9.99. The van der Waals surface area contributed by atoms with Crippen LogP contribution in [0.1, 0.15) is 35.3 Å². The van der Waals surface area contributed by atoms with E-state index in [0.29, 0.717) is 18.2 Å². The minimum absolute atomic E-state index is 0.263. The molecule has 5 heteroatoms. The molecule has 0 saturated heterocycles. The fraction of sp³-hybridized carbons (Fsp3) is 0.357. The zero-order chi connectivity index (χ0) is 13.4. The maximum absolute atomic E-state index is 6.35. The van der Waals surface area contributed by atoms with E-state index in [1.54, 1.807) is 6.20 Å². The molecule has 4 nitrogen and oxygen atoms in total. The van der Waals surface area contributed by atoms with E-state index in [-0.39, 0.29) is 6.04 Å². The third-order valence-electron chi connectivity index (χ3n) is 3.53. The van der Waals surface area contributed by atoms with Gasteiger partial charge in [0.1, 0.15) is 0 Å². The highest BCUT2D eigenvalue weighted by molar-refractivity contribution is 6.31. The van der Waals surface area contributed by atoms with Crippen LogP contribution in [0.5, 0.6) is 0 Å². The number of ether oxygens (including phenoxy) is 1. The Morgan fingerprint density at radius 3 is 3.00 bits per heavy atom. The van der Waals surface area contributed by atoms with Gasteiger partial charge in [-0.2, -0.15) is 5.10 Å². The maximum atomic E-state index is 6.35. The lowest BCUT2D eigenvalue weighted by Gasteiger charge is -2.15. The van der Waals surface area contributed by atoms with E-state index in [1.807, 2.05) is 17.7 Å². The summed E-state index contributed by atoms with van der Waals surface area (Å²) in [6, 6.07) is 5.97. The van der Waals surface area contributed by atoms with Gasteiger partial charge in [0, 0.05) is 6.54 Å². The molecule has 0 aliphatic carbocycles. The first-order valence-corrected chi connectivity index (χ1v) is 6.74. The van der Waals surface area contributed by atoms with E-state index in [1.165, 1.54) is 11.1 Å². The van der Waals surface area contributed by atoms with Gasteiger partial charge >= 0.3 is 0 Å². The largest absolute Gasteiger partial charge is 0.372 e. The number of nitrogens with zero attached hydrogens (tertiary/aromatic N) is 2. The summed E-state index contributed by atoms with van der Waals surface area (Å²) >= 11 is 6.20. The summed E-state index contributed by atoms with van der Waals surface area (Å²) in [6.07, 6.45) is 1.65. The van der Waals surface area contributed by atoms with Crippen molar-refractivity contribution < 1.29 is 4.74 Å². The van der Waals surface area contributed by atoms with Crippen molar-refractivity contribution in [2.75, 3.05) is 0 Å². The first-order valence-electron chi connectivity index (χ1n) is 6.37. The molecular formula is C14H16ClN3O. The van der Waals surface area contributed by atoms with Gasteiger partial charge in [-0.15, -0.1) is 0 Å². The van der Waals surface area contributed by atoms with E-state index >= 15 is 0 Å². The van der Waals surface area contributed by atoms with Crippen LogP contribution in [-0.2, 0) is 24.5 Å². The van der Waals surface area contributed by atoms with Gasteiger partial charge in [0.25, 0.3) is 0 Å². The van der Waals surface area contributed by atoms with Crippen molar-refractivity contribution in [3.63, 3.8) is 0 Å². The number of fused-ring (bicyclic) bond motifs is 1. The lowest BCUT2D eigenvalue weighted by molar-refractivity contribution is 0.134. The summed E-state index contributed by atoms with van der Waals surface area (Å²) in [5.41, 5.74) is 10.7. The Kier molecular flexibility index (Phi) is 3.31. The van der Waals surface area contributed by atoms with Crippen LogP contribution >= 0.6 is 11.6 Å². The van der Waals surface area contributed by atoms with Crippen LogP contribution in [0.4, 0.5) is 0 Å². The summed E-state index contributed by atoms with van der Waals surface area (Å²) < 4.78 is 7.27. The second-order valence-corrected chi connectivity index (χ2v) is 5.10. The third-order valence-corrected chi connectivity index (χ3v) is 3.82. The molecule has 0 fully saturated rings. The van der Waals surface area contributed by atoms with Gasteiger partial charge in [0.05, 0.1) is 36.2 Å². The molecule has 1 aliphatic heterocycles. The van der Waals surface area contributed by atoms with Crippen molar-refractivity contribution >= 4 is 11.6 Å². The summed E-state index contributed by atoms with van der Waals surface area (Å²) in [5, 5.41) is 4.85. The Balaban J connectivity index is 1.99. The normalized spacial score (nSPS) is 15.5. The number of benzene rings is 1. The molecule has 2 aromatic rings. The van der Waals surface area contributed by atoms with Gasteiger partial charge in [-0.1, -0.05) is 29.8 Å². The number of hydrogen-bond acceptors (Lipinski definition) is 3. The highest BCUT2D eigenvalue weighted by Gasteiger charge is 2.20. The number of nitrogens with two attached hydrogens (primary N) is 1. The predicted octanol–water partition coefficient (Wildman–Crippen LogP) is 2.63. The molecule has 19 heavy (non-hydrogen) atoms. The van der Waals surface area contributed by atoms with Crippen LogP contribution in [0.3, 0.4) is 0 Å². The van der Waals surface area contributed by atoms with Crippen LogP contribution < -0.4 is 5.73 Å². The fourth-order valence-electron chi connectivity index (χ4n) is 2.48. The second-order valence-electron chi connectivity index (χ2n) is 4.69. The molecule has 1 aromatic heterocycles. The standard InChI is InChI=1S/C14H16ClN3O/c1-2-18-14(12(15)6-17-18)13(16)9-3-4-10-7-19-8-11(10)5-9/h3-6,13H,2,7-8,16H2,1H3. The van der Waals surface area contributed by atoms with Gasteiger partial charge in [-0.25, -0.2) is 0 Å². The van der Waals surface area contributed by atoms with E-state index in [2.05, 4.69) is 17.2 Å². The van der Waals surface area contributed by atoms with Crippen LogP contribution in [-0.4, -0.2) is 9.78 Å². The smallest absolute Gasteiger partial charge is 0.0837 e. The molecule has 1 aromatic carbocycles. The molecule has 0 radical (unpaired) electrons. The molecule has 0 amide bonds. The highest BCUT2D eigenvalue weighted by atomic mass is 35.5. The van der Waals surface area contributed by atoms with Crippen LogP contribution in [0.2, 0.25) is 5.02 Å². The van der Waals surface area contributed by atoms with E-state index in [9.17, 15) is 0 Å². The lowest BCUT2D eigenvalue weighted by Crippen LogP contribution is -2.17. The Bertz CT molecular complexity index is 609. The second kappa shape index (κ2) is 4.96. The first-order chi connectivity index (χ1) is 9.20. The number of hydrogen-bond donors (Lipinski definition) is 1. The number of aromatic nitrogens is 2. The highest BCUT2D eigenvalue weighted by Crippen LogP contribution is 2.29. The molecule has 0 saturated carbocycles. The number of rotatable bonds is 3. The summed E-state index contributed by atoms with van der Waals surface area (Å²) in [6.45, 7) is 4.13. The van der Waals surface area contributed by atoms with Gasteiger partial charge in [-0.05, 0) is 23.6 Å². The van der Waals surface area contributed by atoms with Crippen molar-refractivity contribution in [3.05, 3.63) is 51.8 Å². The van der Waals surface area contributed by atoms with Crippen LogP contribution in [0.25, 0.3) is 0 Å². The zero-order valence-corrected chi connectivity index (χ0v) is 11.5. The molecule has 0 bridgehead atoms. The van der Waals surface area contributed by atoms with Crippen molar-refractivity contribution in [2.24, 2.45) is 5.73 Å². The van der Waals surface area contributed by atoms with E-state index < -0.39 is 0 Å². The van der Waals surface area contributed by atoms with Crippen LogP contribution in [0, 0.1) is 0 Å². The van der Waals surface area contributed by atoms with Crippen LogP contribution in [0.15, 0.2) is 24.4 Å². The van der Waals surface area contributed by atoms with Gasteiger partial charge in [-0.3, -0.25) is 4.68 Å². The van der Waals surface area contributed by atoms with Crippen molar-refractivity contribution in [2.45, 2.75) is 32.7 Å². The van der Waals surface area contributed by atoms with Gasteiger partial charge in [0.2, 0.25) is 0 Å². The van der Waals surface area contributed by atoms with E-state index in [0.717, 1.165) is 17.8 Å². The molecule has 3 rings (SSSR count). The third kappa shape index (κ3) is 2.16. The Morgan fingerprint density at radius 1 is 1.42 bits per heavy atom. The SMILES string of the molecule is CCn1ncc(Cl)c1C(N)c1ccc2c(c1)COC2. The predicted molar refractivity (Wildman–Crippen MR) is 73.9 cm³/mol. The Hall–Kier alpha value is -1.36. The monoisotopic (exact) mass is 277 g/mol. The molecule has 1 aliphatic rings. The van der Waals surface area contributed by atoms with E-state index in [4.69, 9.17) is 22.1 Å². The molecule has 1 unspecified atom stereocenters. The minimum Gasteiger partial charge on any atom is -0.372 e. The Labute approximate surface area is 117 Å². The quantitative estimate of drug-likeness (QED) is 0.938. The molecule has 2 heterocycles. The molecule has 2 N–H and O–H groups in total. The molecule has 100 valence electrons. The first kappa shape index (κ1) is 12.7. The minimum atomic E-state index is -0.263. The van der Waals surface area contributed by atoms with Crippen molar-refractivity contribution in [1.29, 1.82) is 0 Å². The fourth-order valence-corrected chi connectivity index (χ4v) is 2.74. The van der Waals surface area contributed by atoms with Gasteiger partial charge < -0.3 is 10.5 Å². The average molecular weight is 278 g/mol. The maximum Gasteiger partial charge on any atom is 0.0837 e. The molecular weight excluding hydrogens is 262 g/mol. The topological polar surface area (TPSA) is 53.1 Å². The van der Waals surface area contributed by atoms with Crippen molar-refractivity contribution in [3.8, 4) is 0 Å².